The lowest BCUT2D eigenvalue weighted by Crippen LogP contribution is -2.51. The normalized spacial score (nSPS) is 24.0. The Bertz CT molecular complexity index is 2140. The van der Waals surface area contributed by atoms with Gasteiger partial charge in [-0.15, -0.1) is 11.3 Å². The van der Waals surface area contributed by atoms with Crippen molar-refractivity contribution in [3.05, 3.63) is 89.2 Å². The topological polar surface area (TPSA) is 158 Å². The molecule has 3 amide bonds. The summed E-state index contributed by atoms with van der Waals surface area (Å²) in [4.78, 5) is 61.9. The summed E-state index contributed by atoms with van der Waals surface area (Å²) in [6.07, 6.45) is 7.64. The van der Waals surface area contributed by atoms with Crippen molar-refractivity contribution in [2.24, 2.45) is 29.6 Å². The number of amides is 3. The van der Waals surface area contributed by atoms with Gasteiger partial charge in [0.25, 0.3) is 0 Å². The van der Waals surface area contributed by atoms with Crippen molar-refractivity contribution in [3.8, 4) is 33.6 Å². The molecule has 4 heterocycles. The number of nitrogens with zero attached hydrogens (tertiary/aromatic N) is 4. The molecule has 0 radical (unpaired) electrons. The molecule has 5 aromatic rings. The molecule has 2 aromatic carbocycles. The number of aromatic nitrogens is 5. The minimum absolute atomic E-state index is 0.0527. The predicted molar refractivity (Wildman–Crippen MR) is 211 cm³/mol. The molecule has 2 aliphatic carbocycles. The van der Waals surface area contributed by atoms with E-state index in [9.17, 15) is 14.4 Å². The third kappa shape index (κ3) is 7.17. The third-order valence-corrected chi connectivity index (χ3v) is 12.9. The van der Waals surface area contributed by atoms with E-state index in [2.05, 4.69) is 86.0 Å². The molecule has 8 atom stereocenters. The fourth-order valence-electron chi connectivity index (χ4n) is 8.89. The zero-order valence-electron chi connectivity index (χ0n) is 31.8. The van der Waals surface area contributed by atoms with Crippen LogP contribution in [0.25, 0.3) is 33.6 Å². The van der Waals surface area contributed by atoms with Gasteiger partial charge in [-0.05, 0) is 72.1 Å². The summed E-state index contributed by atoms with van der Waals surface area (Å²) in [6, 6.07) is 15.8. The number of likely N-dealkylation sites (tertiary alicyclic amines) is 1. The van der Waals surface area contributed by atoms with Gasteiger partial charge in [-0.25, -0.2) is 19.7 Å². The molecule has 286 valence electrons. The Balaban J connectivity index is 0.924. The van der Waals surface area contributed by atoms with Gasteiger partial charge in [0, 0.05) is 24.0 Å². The molecular weight excluding hydrogens is 713 g/mol. The highest BCUT2D eigenvalue weighted by Gasteiger charge is 2.61. The van der Waals surface area contributed by atoms with Crippen molar-refractivity contribution in [2.45, 2.75) is 71.0 Å². The van der Waals surface area contributed by atoms with E-state index in [1.54, 1.807) is 17.5 Å². The molecule has 2 unspecified atom stereocenters. The number of imidazole rings is 2. The molecule has 13 heteroatoms. The molecule has 12 nitrogen and oxygen atoms in total. The van der Waals surface area contributed by atoms with E-state index >= 15 is 0 Å². The Morgan fingerprint density at radius 1 is 0.855 bits per heavy atom. The highest BCUT2D eigenvalue weighted by atomic mass is 32.1. The Hall–Kier alpha value is -5.30. The van der Waals surface area contributed by atoms with E-state index in [1.807, 2.05) is 43.4 Å². The minimum atomic E-state index is -0.677. The van der Waals surface area contributed by atoms with Gasteiger partial charge in [-0.3, -0.25) is 9.59 Å². The Labute approximate surface area is 324 Å². The average molecular weight is 761 g/mol. The highest BCUT2D eigenvalue weighted by Crippen LogP contribution is 2.64. The number of ether oxygens (including phenoxy) is 1. The number of H-pyrrole nitrogens is 2. The van der Waals surface area contributed by atoms with Crippen LogP contribution in [0.4, 0.5) is 4.79 Å². The molecule has 3 fully saturated rings. The van der Waals surface area contributed by atoms with Crippen LogP contribution in [0.3, 0.4) is 0 Å². The maximum atomic E-state index is 13.6. The molecule has 0 bridgehead atoms. The van der Waals surface area contributed by atoms with E-state index in [-0.39, 0.29) is 41.7 Å². The van der Waals surface area contributed by atoms with Gasteiger partial charge in [0.05, 0.1) is 48.9 Å². The van der Waals surface area contributed by atoms with Crippen molar-refractivity contribution in [1.29, 1.82) is 0 Å². The lowest BCUT2D eigenvalue weighted by molar-refractivity contribution is -0.135. The van der Waals surface area contributed by atoms with Crippen LogP contribution in [0.2, 0.25) is 0 Å². The van der Waals surface area contributed by atoms with Gasteiger partial charge in [-0.1, -0.05) is 69.3 Å². The first kappa shape index (κ1) is 36.7. The second-order valence-electron chi connectivity index (χ2n) is 15.6. The smallest absolute Gasteiger partial charge is 0.407 e. The maximum absolute atomic E-state index is 13.6. The summed E-state index contributed by atoms with van der Waals surface area (Å²) in [7, 11) is 1.30. The molecule has 1 aliphatic heterocycles. The van der Waals surface area contributed by atoms with Gasteiger partial charge in [-0.2, -0.15) is 0 Å². The van der Waals surface area contributed by atoms with Gasteiger partial charge >= 0.3 is 6.09 Å². The largest absolute Gasteiger partial charge is 0.453 e. The van der Waals surface area contributed by atoms with Crippen LogP contribution in [-0.2, 0) is 14.3 Å². The zero-order chi connectivity index (χ0) is 38.4. The summed E-state index contributed by atoms with van der Waals surface area (Å²) in [5.41, 5.74) is 6.04. The van der Waals surface area contributed by atoms with E-state index in [0.29, 0.717) is 24.3 Å². The molecular formula is C42H48N8O4S. The number of hydrogen-bond donors (Lipinski definition) is 4. The summed E-state index contributed by atoms with van der Waals surface area (Å²) in [5.74, 6) is 2.82. The molecule has 3 aliphatic rings. The molecule has 3 aromatic heterocycles. The van der Waals surface area contributed by atoms with E-state index in [4.69, 9.17) is 9.72 Å². The Morgan fingerprint density at radius 2 is 1.47 bits per heavy atom. The van der Waals surface area contributed by atoms with Crippen LogP contribution in [0, 0.1) is 29.6 Å². The number of carbonyl (C=O) groups excluding carboxylic acids is 3. The fourth-order valence-corrected chi connectivity index (χ4v) is 9.54. The highest BCUT2D eigenvalue weighted by molar-refractivity contribution is 7.09. The maximum Gasteiger partial charge on any atom is 0.407 e. The van der Waals surface area contributed by atoms with Crippen LogP contribution >= 0.6 is 11.3 Å². The van der Waals surface area contributed by atoms with Crippen LogP contribution in [0.15, 0.2) is 72.5 Å². The number of methoxy groups -OCH3 is 1. The molecule has 8 rings (SSSR count). The molecule has 55 heavy (non-hydrogen) atoms. The number of carbonyl (C=O) groups is 3. The minimum Gasteiger partial charge on any atom is -0.453 e. The Morgan fingerprint density at radius 3 is 2.07 bits per heavy atom. The van der Waals surface area contributed by atoms with Gasteiger partial charge < -0.3 is 30.2 Å². The average Bonchev–Trinajstić information content (AvgIpc) is 3.86. The number of benzene rings is 2. The summed E-state index contributed by atoms with van der Waals surface area (Å²) >= 11 is 1.56. The lowest BCUT2D eigenvalue weighted by atomic mass is 9.83. The van der Waals surface area contributed by atoms with Gasteiger partial charge in [0.1, 0.15) is 22.7 Å². The van der Waals surface area contributed by atoms with Crippen LogP contribution in [-0.4, -0.2) is 67.4 Å². The quantitative estimate of drug-likeness (QED) is 0.109. The number of thiazole rings is 1. The lowest BCUT2D eigenvalue weighted by Gasteiger charge is -2.30. The van der Waals surface area contributed by atoms with Crippen molar-refractivity contribution < 1.29 is 19.1 Å². The summed E-state index contributed by atoms with van der Waals surface area (Å²) in [6.45, 7) is 8.69. The zero-order valence-corrected chi connectivity index (χ0v) is 32.6. The Kier molecular flexibility index (Phi) is 10.1. The standard InChI is InChI=1S/C42H48N8O4S/c1-22(2)36(49-42(53)54-5)41(52)50-17-6-7-33(50)37-44-20-31(47-37)27-12-8-25(9-13-27)26-10-14-28(15-11-26)32-21-45-38(48-32)34-23(3)29-19-30(29)35(34)39(51)46-24(4)40-43-16-18-55-40/h8-16,18,20-24,29-30,33-36H,6-7,17,19H2,1-5H3,(H,44,47)(H,45,48)(H,46,51)(H,49,53)/t23-,24+,29?,30-,33+,34-,35-,36?/m1/s1. The SMILES string of the molecule is COC(=O)NC(C(=O)N1CCC[C@H]1c1ncc(-c2ccc(-c3ccc(-c4cnc([C@H]5[C@H](C(=O)N[C@@H](C)c6nccs6)[C@@H]6CC6[C@H]5C)[nH]4)cc3)cc2)[nH]1)C(C)C. The summed E-state index contributed by atoms with van der Waals surface area (Å²) < 4.78 is 4.76. The molecule has 1 saturated heterocycles. The monoisotopic (exact) mass is 760 g/mol. The van der Waals surface area contributed by atoms with Crippen molar-refractivity contribution in [1.82, 2.24) is 40.5 Å². The number of aromatic amines is 2. The van der Waals surface area contributed by atoms with E-state index < -0.39 is 12.1 Å². The first-order valence-corrected chi connectivity index (χ1v) is 20.1. The first-order valence-electron chi connectivity index (χ1n) is 19.3. The first-order chi connectivity index (χ1) is 26.6. The van der Waals surface area contributed by atoms with E-state index in [1.165, 1.54) is 7.11 Å². The van der Waals surface area contributed by atoms with Crippen molar-refractivity contribution in [2.75, 3.05) is 13.7 Å². The number of fused-ring (bicyclic) bond motifs is 1. The van der Waals surface area contributed by atoms with Crippen LogP contribution in [0.1, 0.15) is 81.6 Å². The predicted octanol–water partition coefficient (Wildman–Crippen LogP) is 7.50. The van der Waals surface area contributed by atoms with Gasteiger partial charge in [0.2, 0.25) is 11.8 Å². The molecule has 0 spiro atoms. The van der Waals surface area contributed by atoms with Gasteiger partial charge in [0.15, 0.2) is 0 Å². The number of nitrogens with one attached hydrogen (secondary N) is 4. The fraction of sp³-hybridized carbons (Fsp3) is 0.429. The number of hydrogen-bond acceptors (Lipinski definition) is 8. The molecule has 2 saturated carbocycles. The second-order valence-corrected chi connectivity index (χ2v) is 16.6. The second kappa shape index (κ2) is 15.1. The number of rotatable bonds is 11. The van der Waals surface area contributed by atoms with E-state index in [0.717, 1.165) is 69.6 Å². The van der Waals surface area contributed by atoms with Crippen LogP contribution in [0.5, 0.6) is 0 Å². The van der Waals surface area contributed by atoms with Crippen LogP contribution < -0.4 is 10.6 Å². The van der Waals surface area contributed by atoms with Crippen molar-refractivity contribution >= 4 is 29.2 Å². The number of alkyl carbamates (subject to hydrolysis) is 1. The van der Waals surface area contributed by atoms with Crippen molar-refractivity contribution in [3.63, 3.8) is 0 Å². The summed E-state index contributed by atoms with van der Waals surface area (Å²) in [5, 5.41) is 8.81. The molecule has 4 N–H and O–H groups in total. The third-order valence-electron chi connectivity index (χ3n) is 11.9.